The van der Waals surface area contributed by atoms with E-state index in [1.165, 1.54) is 11.7 Å². The van der Waals surface area contributed by atoms with Crippen molar-refractivity contribution in [2.45, 2.75) is 85.7 Å². The SMILES string of the molecule is COc1cc(CN(C(=O)OC(C)(C)C)C(=O)OC(C)(C)C)ccc1Nc1cc2c(cn1)cc(-c1cnn(C)c1)n2C(=O)OC(C)(C)C. The van der Waals surface area contributed by atoms with Gasteiger partial charge in [0.25, 0.3) is 0 Å². The number of amides is 2. The highest BCUT2D eigenvalue weighted by atomic mass is 16.6. The van der Waals surface area contributed by atoms with Gasteiger partial charge >= 0.3 is 18.3 Å². The van der Waals surface area contributed by atoms with Crippen molar-refractivity contribution in [2.75, 3.05) is 12.4 Å². The van der Waals surface area contributed by atoms with E-state index < -0.39 is 35.1 Å². The molecule has 252 valence electrons. The first-order valence-electron chi connectivity index (χ1n) is 15.1. The summed E-state index contributed by atoms with van der Waals surface area (Å²) < 4.78 is 25.5. The van der Waals surface area contributed by atoms with E-state index in [4.69, 9.17) is 18.9 Å². The monoisotopic (exact) mass is 648 g/mol. The van der Waals surface area contributed by atoms with Crippen LogP contribution in [0.4, 0.5) is 25.9 Å². The maximum Gasteiger partial charge on any atom is 0.420 e. The average molecular weight is 649 g/mol. The fourth-order valence-electron chi connectivity index (χ4n) is 4.54. The van der Waals surface area contributed by atoms with Crippen molar-refractivity contribution in [3.05, 3.63) is 54.5 Å². The molecule has 0 saturated heterocycles. The lowest BCUT2D eigenvalue weighted by Gasteiger charge is -2.28. The number of ether oxygens (including phenoxy) is 4. The fourth-order valence-corrected chi connectivity index (χ4v) is 4.54. The van der Waals surface area contributed by atoms with Crippen LogP contribution in [-0.4, -0.2) is 66.4 Å². The summed E-state index contributed by atoms with van der Waals surface area (Å²) in [5.74, 6) is 0.865. The number of methoxy groups -OCH3 is 1. The smallest absolute Gasteiger partial charge is 0.420 e. The van der Waals surface area contributed by atoms with Crippen LogP contribution in [0.5, 0.6) is 5.75 Å². The number of hydrogen-bond acceptors (Lipinski definition) is 10. The summed E-state index contributed by atoms with van der Waals surface area (Å²) in [5.41, 5.74) is 0.732. The number of nitrogens with zero attached hydrogens (tertiary/aromatic N) is 5. The molecular formula is C34H44N6O7. The Morgan fingerprint density at radius 3 is 2.00 bits per heavy atom. The number of carbonyl (C=O) groups excluding carboxylic acids is 3. The van der Waals surface area contributed by atoms with Crippen molar-refractivity contribution in [1.29, 1.82) is 0 Å². The maximum atomic E-state index is 13.5. The molecule has 4 rings (SSSR count). The quantitative estimate of drug-likeness (QED) is 0.207. The summed E-state index contributed by atoms with van der Waals surface area (Å²) >= 11 is 0. The van der Waals surface area contributed by atoms with Gasteiger partial charge in [-0.1, -0.05) is 6.07 Å². The number of rotatable bonds is 6. The third kappa shape index (κ3) is 9.02. The summed E-state index contributed by atoms with van der Waals surface area (Å²) in [6.07, 6.45) is 2.97. The van der Waals surface area contributed by atoms with Crippen LogP contribution in [0.2, 0.25) is 0 Å². The van der Waals surface area contributed by atoms with E-state index in [0.717, 1.165) is 15.8 Å². The number of nitrogens with one attached hydrogen (secondary N) is 1. The van der Waals surface area contributed by atoms with Gasteiger partial charge in [0.1, 0.15) is 28.4 Å². The van der Waals surface area contributed by atoms with E-state index in [1.54, 1.807) is 89.9 Å². The van der Waals surface area contributed by atoms with Gasteiger partial charge in [0, 0.05) is 36.5 Å². The second-order valence-electron chi connectivity index (χ2n) is 14.1. The highest BCUT2D eigenvalue weighted by molar-refractivity contribution is 5.97. The largest absolute Gasteiger partial charge is 0.495 e. The predicted molar refractivity (Wildman–Crippen MR) is 178 cm³/mol. The molecule has 13 nitrogen and oxygen atoms in total. The van der Waals surface area contributed by atoms with Gasteiger partial charge < -0.3 is 24.3 Å². The lowest BCUT2D eigenvalue weighted by Crippen LogP contribution is -2.43. The van der Waals surface area contributed by atoms with Crippen molar-refractivity contribution in [1.82, 2.24) is 24.2 Å². The topological polar surface area (TPSA) is 139 Å². The summed E-state index contributed by atoms with van der Waals surface area (Å²) in [7, 11) is 3.31. The summed E-state index contributed by atoms with van der Waals surface area (Å²) in [5, 5.41) is 8.25. The van der Waals surface area contributed by atoms with Gasteiger partial charge in [-0.3, -0.25) is 4.68 Å². The molecule has 3 aromatic heterocycles. The molecule has 0 aliphatic rings. The summed E-state index contributed by atoms with van der Waals surface area (Å²) in [6, 6.07) is 8.81. The number of aromatic nitrogens is 4. The Kier molecular flexibility index (Phi) is 9.60. The second-order valence-corrected chi connectivity index (χ2v) is 14.1. The lowest BCUT2D eigenvalue weighted by molar-refractivity contribution is -0.000311. The molecule has 0 radical (unpaired) electrons. The number of benzene rings is 1. The number of anilines is 2. The minimum atomic E-state index is -0.830. The molecule has 0 saturated carbocycles. The van der Waals surface area contributed by atoms with E-state index in [0.29, 0.717) is 34.0 Å². The molecule has 2 amide bonds. The predicted octanol–water partition coefficient (Wildman–Crippen LogP) is 7.64. The molecule has 1 aromatic carbocycles. The van der Waals surface area contributed by atoms with E-state index in [1.807, 2.05) is 33.0 Å². The molecular weight excluding hydrogens is 604 g/mol. The van der Waals surface area contributed by atoms with E-state index in [9.17, 15) is 14.4 Å². The third-order valence-corrected chi connectivity index (χ3v) is 6.36. The second kappa shape index (κ2) is 13.0. The highest BCUT2D eigenvalue weighted by Gasteiger charge is 2.31. The van der Waals surface area contributed by atoms with Crippen LogP contribution in [-0.2, 0) is 27.8 Å². The molecule has 47 heavy (non-hydrogen) atoms. The van der Waals surface area contributed by atoms with Gasteiger partial charge in [-0.05, 0) is 86.1 Å². The zero-order chi connectivity index (χ0) is 34.9. The van der Waals surface area contributed by atoms with E-state index >= 15 is 0 Å². The van der Waals surface area contributed by atoms with Gasteiger partial charge in [0.05, 0.1) is 36.7 Å². The normalized spacial score (nSPS) is 12.1. The zero-order valence-corrected chi connectivity index (χ0v) is 28.9. The molecule has 0 fully saturated rings. The molecule has 4 aromatic rings. The van der Waals surface area contributed by atoms with Gasteiger partial charge in [-0.2, -0.15) is 5.10 Å². The van der Waals surface area contributed by atoms with Crippen LogP contribution in [0.3, 0.4) is 0 Å². The Morgan fingerprint density at radius 2 is 1.47 bits per heavy atom. The van der Waals surface area contributed by atoms with Gasteiger partial charge in [0.15, 0.2) is 0 Å². The number of hydrogen-bond donors (Lipinski definition) is 1. The zero-order valence-electron chi connectivity index (χ0n) is 28.9. The van der Waals surface area contributed by atoms with Crippen molar-refractivity contribution in [3.8, 4) is 17.0 Å². The van der Waals surface area contributed by atoms with Crippen LogP contribution < -0.4 is 10.1 Å². The van der Waals surface area contributed by atoms with Crippen molar-refractivity contribution < 1.29 is 33.3 Å². The van der Waals surface area contributed by atoms with Crippen LogP contribution in [0.25, 0.3) is 22.2 Å². The molecule has 0 unspecified atom stereocenters. The van der Waals surface area contributed by atoms with Crippen molar-refractivity contribution >= 4 is 40.7 Å². The number of aryl methyl sites for hydroxylation is 1. The third-order valence-electron chi connectivity index (χ3n) is 6.36. The minimum Gasteiger partial charge on any atom is -0.495 e. The standard InChI is InChI=1S/C34H44N6O7/c1-32(2,3)45-29(41)39(30(42)46-33(4,5)6)19-21-12-13-24(27(14-21)44-11)37-28-16-26-22(17-35-28)15-25(23-18-36-38(10)20-23)40(26)31(43)47-34(7,8)9/h12-18,20H,19H2,1-11H3,(H,35,37). The fraction of sp³-hybridized carbons (Fsp3) is 0.441. The average Bonchev–Trinajstić information content (AvgIpc) is 3.52. The molecule has 0 atom stereocenters. The first-order valence-corrected chi connectivity index (χ1v) is 15.1. The number of carbonyl (C=O) groups is 3. The van der Waals surface area contributed by atoms with Gasteiger partial charge in [-0.15, -0.1) is 0 Å². The minimum absolute atomic E-state index is 0.120. The van der Waals surface area contributed by atoms with Crippen molar-refractivity contribution in [3.63, 3.8) is 0 Å². The lowest BCUT2D eigenvalue weighted by atomic mass is 10.1. The maximum absolute atomic E-state index is 13.5. The Labute approximate surface area is 274 Å². The van der Waals surface area contributed by atoms with Gasteiger partial charge in [-0.25, -0.2) is 28.8 Å². The molecule has 0 aliphatic carbocycles. The molecule has 0 spiro atoms. The molecule has 3 heterocycles. The first-order chi connectivity index (χ1) is 21.7. The molecule has 0 aliphatic heterocycles. The Morgan fingerprint density at radius 1 is 0.851 bits per heavy atom. The van der Waals surface area contributed by atoms with Crippen molar-refractivity contribution in [2.24, 2.45) is 7.05 Å². The molecule has 1 N–H and O–H groups in total. The van der Waals surface area contributed by atoms with Crippen LogP contribution in [0.15, 0.2) is 48.9 Å². The first kappa shape index (κ1) is 34.8. The molecule has 13 heteroatoms. The Bertz CT molecular complexity index is 1760. The number of imide groups is 1. The molecule has 0 bridgehead atoms. The summed E-state index contributed by atoms with van der Waals surface area (Å²) in [4.78, 5) is 45.0. The Balaban J connectivity index is 1.67. The van der Waals surface area contributed by atoms with E-state index in [-0.39, 0.29) is 6.54 Å². The van der Waals surface area contributed by atoms with Crippen LogP contribution >= 0.6 is 0 Å². The van der Waals surface area contributed by atoms with Crippen LogP contribution in [0.1, 0.15) is 67.9 Å². The number of fused-ring (bicyclic) bond motifs is 1. The van der Waals surface area contributed by atoms with E-state index in [2.05, 4.69) is 15.4 Å². The van der Waals surface area contributed by atoms with Gasteiger partial charge in [0.2, 0.25) is 0 Å². The number of pyridine rings is 1. The summed E-state index contributed by atoms with van der Waals surface area (Å²) in [6.45, 7) is 15.6. The Hall–Kier alpha value is -5.07. The van der Waals surface area contributed by atoms with Crippen LogP contribution in [0, 0.1) is 0 Å². The highest BCUT2D eigenvalue weighted by Crippen LogP contribution is 2.33.